The molecule has 2 atom stereocenters. The highest BCUT2D eigenvalue weighted by atomic mass is 31.1. The highest BCUT2D eigenvalue weighted by Crippen LogP contribution is 2.39. The van der Waals surface area contributed by atoms with Crippen LogP contribution < -0.4 is 21.2 Å². The minimum absolute atomic E-state index is 0.00560. The van der Waals surface area contributed by atoms with Gasteiger partial charge in [-0.2, -0.15) is 0 Å². The Morgan fingerprint density at radius 1 is 0.441 bits per heavy atom. The number of benzene rings is 4. The lowest BCUT2D eigenvalue weighted by molar-refractivity contribution is -0.0113. The first-order chi connectivity index (χ1) is 16.8. The van der Waals surface area contributed by atoms with Gasteiger partial charge in [-0.25, -0.2) is 0 Å². The van der Waals surface area contributed by atoms with E-state index in [2.05, 4.69) is 121 Å². The molecule has 0 fully saturated rings. The van der Waals surface area contributed by atoms with Crippen LogP contribution in [0.25, 0.3) is 0 Å². The molecule has 0 amide bonds. The van der Waals surface area contributed by atoms with Crippen LogP contribution in [0.1, 0.15) is 0 Å². The summed E-state index contributed by atoms with van der Waals surface area (Å²) in [6, 6.07) is 43.3. The summed E-state index contributed by atoms with van der Waals surface area (Å²) in [5, 5.41) is 5.48. The Balaban J connectivity index is 1.62. The fraction of sp³-hybridized carbons (Fsp3) is 0.200. The molecule has 0 saturated heterocycles. The molecule has 0 bridgehead atoms. The Kier molecular flexibility index (Phi) is 9.43. The zero-order valence-corrected chi connectivity index (χ0v) is 21.6. The van der Waals surface area contributed by atoms with Gasteiger partial charge >= 0.3 is 0 Å². The van der Waals surface area contributed by atoms with Crippen molar-refractivity contribution in [1.29, 1.82) is 0 Å². The lowest BCUT2D eigenvalue weighted by atomic mass is 10.2. The quantitative estimate of drug-likeness (QED) is 0.269. The smallest absolute Gasteiger partial charge is 0.0881 e. The third kappa shape index (κ3) is 6.41. The van der Waals surface area contributed by atoms with E-state index >= 15 is 0 Å². The van der Waals surface area contributed by atoms with Gasteiger partial charge in [0.15, 0.2) is 0 Å². The Bertz CT molecular complexity index is 922. The molecule has 4 aromatic rings. The van der Waals surface area contributed by atoms with Gasteiger partial charge in [0.2, 0.25) is 0 Å². The summed E-state index contributed by atoms with van der Waals surface area (Å²) in [5.41, 5.74) is 0. The van der Waals surface area contributed by atoms with Gasteiger partial charge in [0, 0.05) is 26.5 Å². The molecule has 1 unspecified atom stereocenters. The third-order valence-electron chi connectivity index (χ3n) is 6.02. The first-order valence-electron chi connectivity index (χ1n) is 11.6. The zero-order chi connectivity index (χ0) is 23.6. The summed E-state index contributed by atoms with van der Waals surface area (Å²) in [7, 11) is 2.52. The lowest BCUT2D eigenvalue weighted by Gasteiger charge is -2.32. The number of hydrogen-bond acceptors (Lipinski definition) is 2. The summed E-state index contributed by atoms with van der Waals surface area (Å²) in [6.07, 6.45) is 1.83. The predicted molar refractivity (Wildman–Crippen MR) is 149 cm³/mol. The van der Waals surface area contributed by atoms with Gasteiger partial charge < -0.3 is 9.47 Å². The molecule has 0 spiro atoms. The van der Waals surface area contributed by atoms with Crippen LogP contribution in [0.15, 0.2) is 121 Å². The molecule has 0 aliphatic rings. The molecule has 34 heavy (non-hydrogen) atoms. The number of rotatable bonds is 11. The topological polar surface area (TPSA) is 18.5 Å². The van der Waals surface area contributed by atoms with E-state index in [1.54, 1.807) is 0 Å². The molecule has 0 N–H and O–H groups in total. The maximum atomic E-state index is 6.15. The van der Waals surface area contributed by atoms with Crippen molar-refractivity contribution in [2.24, 2.45) is 0 Å². The molecule has 0 aromatic heterocycles. The SMILES string of the molecule is COC(CP(c1ccccc1)c1ccccc1)[C@H](CP(c1ccccc1)c1ccccc1)OC. The van der Waals surface area contributed by atoms with Crippen LogP contribution in [0.2, 0.25) is 0 Å². The second-order valence-electron chi connectivity index (χ2n) is 8.11. The predicted octanol–water partition coefficient (Wildman–Crippen LogP) is 5.28. The molecule has 4 rings (SSSR count). The molecule has 4 aromatic carbocycles. The van der Waals surface area contributed by atoms with E-state index in [-0.39, 0.29) is 12.2 Å². The Hall–Kier alpha value is -2.34. The first kappa shape index (κ1) is 24.8. The van der Waals surface area contributed by atoms with Crippen molar-refractivity contribution < 1.29 is 9.47 Å². The highest BCUT2D eigenvalue weighted by Gasteiger charge is 2.29. The lowest BCUT2D eigenvalue weighted by Crippen LogP contribution is -2.38. The van der Waals surface area contributed by atoms with Crippen LogP contribution in [0, 0.1) is 0 Å². The van der Waals surface area contributed by atoms with Gasteiger partial charge in [-0.15, -0.1) is 0 Å². The Labute approximate surface area is 206 Å². The molecule has 0 heterocycles. The van der Waals surface area contributed by atoms with E-state index < -0.39 is 15.8 Å². The summed E-state index contributed by atoms with van der Waals surface area (Å²) >= 11 is 0. The van der Waals surface area contributed by atoms with Gasteiger partial charge in [0.05, 0.1) is 12.2 Å². The molecule has 174 valence electrons. The van der Waals surface area contributed by atoms with E-state index in [0.29, 0.717) is 0 Å². The summed E-state index contributed by atoms with van der Waals surface area (Å²) in [5.74, 6) is 0. The van der Waals surface area contributed by atoms with Gasteiger partial charge in [0.25, 0.3) is 0 Å². The maximum Gasteiger partial charge on any atom is 0.0881 e. The van der Waals surface area contributed by atoms with Crippen molar-refractivity contribution in [2.45, 2.75) is 12.2 Å². The van der Waals surface area contributed by atoms with Crippen LogP contribution in [-0.2, 0) is 9.47 Å². The van der Waals surface area contributed by atoms with Gasteiger partial charge in [-0.1, -0.05) is 121 Å². The van der Waals surface area contributed by atoms with Gasteiger partial charge in [0.1, 0.15) is 0 Å². The summed E-state index contributed by atoms with van der Waals surface area (Å²) < 4.78 is 12.3. The van der Waals surface area contributed by atoms with Crippen molar-refractivity contribution in [3.63, 3.8) is 0 Å². The van der Waals surface area contributed by atoms with Gasteiger partial charge in [-0.3, -0.25) is 0 Å². The molecular formula is C30H32O2P2. The molecule has 0 aliphatic carbocycles. The van der Waals surface area contributed by atoms with E-state index in [4.69, 9.17) is 9.47 Å². The van der Waals surface area contributed by atoms with E-state index in [9.17, 15) is 0 Å². The van der Waals surface area contributed by atoms with E-state index in [1.807, 2.05) is 14.2 Å². The van der Waals surface area contributed by atoms with Crippen molar-refractivity contribution in [1.82, 2.24) is 0 Å². The fourth-order valence-electron chi connectivity index (χ4n) is 4.20. The summed E-state index contributed by atoms with van der Waals surface area (Å²) in [6.45, 7) is 0. The monoisotopic (exact) mass is 486 g/mol. The van der Waals surface area contributed by atoms with Crippen molar-refractivity contribution >= 4 is 37.1 Å². The Morgan fingerprint density at radius 3 is 0.882 bits per heavy atom. The van der Waals surface area contributed by atoms with Gasteiger partial charge in [-0.05, 0) is 37.1 Å². The third-order valence-corrected chi connectivity index (χ3v) is 11.2. The van der Waals surface area contributed by atoms with Crippen molar-refractivity contribution in [3.8, 4) is 0 Å². The number of hydrogen-bond donors (Lipinski definition) is 0. The van der Waals surface area contributed by atoms with Crippen LogP contribution in [0.4, 0.5) is 0 Å². The Morgan fingerprint density at radius 2 is 0.676 bits per heavy atom. The second-order valence-corrected chi connectivity index (χ2v) is 12.6. The molecule has 0 radical (unpaired) electrons. The fourth-order valence-corrected chi connectivity index (χ4v) is 9.26. The molecular weight excluding hydrogens is 454 g/mol. The van der Waals surface area contributed by atoms with Crippen LogP contribution in [0.3, 0.4) is 0 Å². The number of ether oxygens (including phenoxy) is 2. The minimum atomic E-state index is -0.566. The summed E-state index contributed by atoms with van der Waals surface area (Å²) in [4.78, 5) is 0. The average molecular weight is 487 g/mol. The van der Waals surface area contributed by atoms with E-state index in [1.165, 1.54) is 21.2 Å². The van der Waals surface area contributed by atoms with Crippen LogP contribution in [-0.4, -0.2) is 38.8 Å². The zero-order valence-electron chi connectivity index (χ0n) is 19.8. The molecule has 0 aliphatic heterocycles. The normalized spacial score (nSPS) is 13.2. The maximum absolute atomic E-state index is 6.15. The number of methoxy groups -OCH3 is 2. The molecule has 4 heteroatoms. The average Bonchev–Trinajstić information content (AvgIpc) is 2.92. The van der Waals surface area contributed by atoms with Crippen molar-refractivity contribution in [2.75, 3.05) is 26.5 Å². The standard InChI is InChI=1S/C30H32O2P2/c1-31-29(23-33(25-15-7-3-8-16-25)26-17-9-4-10-18-26)30(32-2)24-34(27-19-11-5-12-20-27)28-21-13-6-14-22-28/h3-22,29-30H,23-24H2,1-2H3/t29-,30?/m0/s1. The van der Waals surface area contributed by atoms with Crippen molar-refractivity contribution in [3.05, 3.63) is 121 Å². The second kappa shape index (κ2) is 12.9. The minimum Gasteiger partial charge on any atom is -0.378 e. The highest BCUT2D eigenvalue weighted by molar-refractivity contribution is 7.73. The first-order valence-corrected chi connectivity index (χ1v) is 14.7. The largest absolute Gasteiger partial charge is 0.378 e. The molecule has 0 saturated carbocycles. The van der Waals surface area contributed by atoms with Crippen LogP contribution >= 0.6 is 15.8 Å². The van der Waals surface area contributed by atoms with E-state index in [0.717, 1.165) is 12.3 Å². The van der Waals surface area contributed by atoms with Crippen LogP contribution in [0.5, 0.6) is 0 Å². The molecule has 2 nitrogen and oxygen atoms in total.